The predicted molar refractivity (Wildman–Crippen MR) is 102 cm³/mol. The number of carbonyl (C=O) groups is 1. The van der Waals surface area contributed by atoms with Crippen molar-refractivity contribution < 1.29 is 22.7 Å². The zero-order chi connectivity index (χ0) is 19.4. The molecule has 2 aromatic rings. The largest absolute Gasteiger partial charge is 0.491 e. The summed E-state index contributed by atoms with van der Waals surface area (Å²) in [6, 6.07) is 13.0. The summed E-state index contributed by atoms with van der Waals surface area (Å²) >= 11 is 0. The molecule has 1 fully saturated rings. The second-order valence-corrected chi connectivity index (χ2v) is 7.52. The topological polar surface area (TPSA) is 102 Å². The molecule has 0 bridgehead atoms. The molecule has 9 heteroatoms. The van der Waals surface area contributed by atoms with E-state index in [9.17, 15) is 13.2 Å². The fourth-order valence-electron chi connectivity index (χ4n) is 2.80. The smallest absolute Gasteiger partial charge is 0.329 e. The van der Waals surface area contributed by atoms with Crippen molar-refractivity contribution in [2.75, 3.05) is 43.2 Å². The van der Waals surface area contributed by atoms with E-state index in [1.165, 1.54) is 12.1 Å². The van der Waals surface area contributed by atoms with Gasteiger partial charge in [0.15, 0.2) is 0 Å². The van der Waals surface area contributed by atoms with Crippen molar-refractivity contribution in [1.82, 2.24) is 0 Å². The molecule has 144 valence electrons. The van der Waals surface area contributed by atoms with Crippen molar-refractivity contribution in [3.8, 4) is 5.75 Å². The van der Waals surface area contributed by atoms with Gasteiger partial charge in [-0.2, -0.15) is 0 Å². The van der Waals surface area contributed by atoms with E-state index in [1.54, 1.807) is 29.0 Å². The molecule has 2 N–H and O–H groups in total. The molecule has 2 amide bonds. The van der Waals surface area contributed by atoms with Gasteiger partial charge in [-0.1, -0.05) is 0 Å². The number of urea groups is 1. The number of anilines is 2. The SMILES string of the molecule is COCCOc1ccc(N2CCN(c3ccc(S(N)(=O)=O)cc3)C2=O)cc1. The van der Waals surface area contributed by atoms with Crippen LogP contribution in [0.3, 0.4) is 0 Å². The van der Waals surface area contributed by atoms with Crippen LogP contribution in [0.25, 0.3) is 0 Å². The lowest BCUT2D eigenvalue weighted by molar-refractivity contribution is 0.146. The molecule has 0 aromatic heterocycles. The van der Waals surface area contributed by atoms with Crippen LogP contribution in [-0.2, 0) is 14.8 Å². The minimum atomic E-state index is -3.76. The molecule has 0 saturated carbocycles. The van der Waals surface area contributed by atoms with Crippen LogP contribution in [0, 0.1) is 0 Å². The van der Waals surface area contributed by atoms with Crippen LogP contribution < -0.4 is 19.7 Å². The fraction of sp³-hybridized carbons (Fsp3) is 0.278. The lowest BCUT2D eigenvalue weighted by Crippen LogP contribution is -2.31. The van der Waals surface area contributed by atoms with Gasteiger partial charge in [0.25, 0.3) is 0 Å². The highest BCUT2D eigenvalue weighted by atomic mass is 32.2. The molecule has 0 aliphatic carbocycles. The molecule has 2 aromatic carbocycles. The number of nitrogens with two attached hydrogens (primary N) is 1. The van der Waals surface area contributed by atoms with E-state index in [0.717, 1.165) is 5.69 Å². The molecule has 0 unspecified atom stereocenters. The van der Waals surface area contributed by atoms with Gasteiger partial charge < -0.3 is 9.47 Å². The van der Waals surface area contributed by atoms with Crippen LogP contribution >= 0.6 is 0 Å². The Bertz CT molecular complexity index is 898. The van der Waals surface area contributed by atoms with E-state index < -0.39 is 10.0 Å². The Kier molecular flexibility index (Phi) is 5.64. The third kappa shape index (κ3) is 4.38. The molecule has 1 aliphatic rings. The van der Waals surface area contributed by atoms with Crippen molar-refractivity contribution in [2.24, 2.45) is 5.14 Å². The Hall–Kier alpha value is -2.62. The first kappa shape index (κ1) is 19.2. The maximum absolute atomic E-state index is 12.7. The molecular weight excluding hydrogens is 370 g/mol. The zero-order valence-corrected chi connectivity index (χ0v) is 15.7. The molecule has 1 aliphatic heterocycles. The number of nitrogens with zero attached hydrogens (tertiary/aromatic N) is 2. The number of benzene rings is 2. The first-order valence-corrected chi connectivity index (χ1v) is 9.88. The van der Waals surface area contributed by atoms with Gasteiger partial charge in [0, 0.05) is 31.6 Å². The number of hydrogen-bond donors (Lipinski definition) is 1. The minimum Gasteiger partial charge on any atom is -0.491 e. The van der Waals surface area contributed by atoms with Crippen molar-refractivity contribution in [2.45, 2.75) is 4.90 Å². The van der Waals surface area contributed by atoms with Gasteiger partial charge >= 0.3 is 6.03 Å². The Morgan fingerprint density at radius 1 is 0.926 bits per heavy atom. The summed E-state index contributed by atoms with van der Waals surface area (Å²) in [5.74, 6) is 0.706. The first-order valence-electron chi connectivity index (χ1n) is 8.34. The van der Waals surface area contributed by atoms with E-state index in [2.05, 4.69) is 0 Å². The van der Waals surface area contributed by atoms with Crippen LogP contribution in [0.4, 0.5) is 16.2 Å². The standard InChI is InChI=1S/C18H21N3O5S/c1-25-12-13-26-16-6-2-14(3-7-16)20-10-11-21(18(20)22)15-4-8-17(9-5-15)27(19,23)24/h2-9H,10-13H2,1H3,(H2,19,23,24). The molecule has 1 saturated heterocycles. The van der Waals surface area contributed by atoms with Crippen LogP contribution in [0.2, 0.25) is 0 Å². The molecule has 1 heterocycles. The molecule has 27 heavy (non-hydrogen) atoms. The maximum Gasteiger partial charge on any atom is 0.329 e. The third-order valence-corrected chi connectivity index (χ3v) is 5.12. The van der Waals surface area contributed by atoms with Gasteiger partial charge in [-0.05, 0) is 48.5 Å². The van der Waals surface area contributed by atoms with Crippen LogP contribution in [0.5, 0.6) is 5.75 Å². The van der Waals surface area contributed by atoms with Crippen molar-refractivity contribution in [3.05, 3.63) is 48.5 Å². The number of amides is 2. The van der Waals surface area contributed by atoms with Crippen LogP contribution in [-0.4, -0.2) is 47.9 Å². The second kappa shape index (κ2) is 7.95. The zero-order valence-electron chi connectivity index (χ0n) is 14.9. The van der Waals surface area contributed by atoms with E-state index in [-0.39, 0.29) is 10.9 Å². The number of primary sulfonamides is 1. The molecular formula is C18H21N3O5S. The van der Waals surface area contributed by atoms with Gasteiger partial charge in [-0.3, -0.25) is 9.80 Å². The first-order chi connectivity index (χ1) is 12.9. The summed E-state index contributed by atoms with van der Waals surface area (Å²) in [7, 11) is -2.15. The lowest BCUT2D eigenvalue weighted by atomic mass is 10.3. The summed E-state index contributed by atoms with van der Waals surface area (Å²) in [5.41, 5.74) is 1.39. The number of carbonyl (C=O) groups excluding carboxylic acids is 1. The van der Waals surface area contributed by atoms with Crippen molar-refractivity contribution in [1.29, 1.82) is 0 Å². The summed E-state index contributed by atoms with van der Waals surface area (Å²) in [6.07, 6.45) is 0. The minimum absolute atomic E-state index is 0.0128. The summed E-state index contributed by atoms with van der Waals surface area (Å²) in [4.78, 5) is 16.0. The van der Waals surface area contributed by atoms with Gasteiger partial charge in [-0.15, -0.1) is 0 Å². The summed E-state index contributed by atoms with van der Waals surface area (Å²) < 4.78 is 33.2. The molecule has 8 nitrogen and oxygen atoms in total. The van der Waals surface area contributed by atoms with E-state index in [0.29, 0.717) is 37.7 Å². The Labute approximate surface area is 158 Å². The summed E-state index contributed by atoms with van der Waals surface area (Å²) in [6.45, 7) is 1.99. The summed E-state index contributed by atoms with van der Waals surface area (Å²) in [5, 5.41) is 5.10. The van der Waals surface area contributed by atoms with Gasteiger partial charge in [0.2, 0.25) is 10.0 Å². The quantitative estimate of drug-likeness (QED) is 0.725. The molecule has 0 atom stereocenters. The number of sulfonamides is 1. The Morgan fingerprint density at radius 2 is 1.44 bits per heavy atom. The molecule has 3 rings (SSSR count). The normalized spacial score (nSPS) is 14.7. The van der Waals surface area contributed by atoms with Gasteiger partial charge in [0.1, 0.15) is 12.4 Å². The average molecular weight is 391 g/mol. The lowest BCUT2D eigenvalue weighted by Gasteiger charge is -2.19. The fourth-order valence-corrected chi connectivity index (χ4v) is 3.31. The van der Waals surface area contributed by atoms with Gasteiger partial charge in [-0.25, -0.2) is 18.4 Å². The third-order valence-electron chi connectivity index (χ3n) is 4.19. The van der Waals surface area contributed by atoms with E-state index in [1.807, 2.05) is 24.3 Å². The van der Waals surface area contributed by atoms with Gasteiger partial charge in [0.05, 0.1) is 11.5 Å². The predicted octanol–water partition coefficient (Wildman–Crippen LogP) is 1.81. The second-order valence-electron chi connectivity index (χ2n) is 5.96. The Morgan fingerprint density at radius 3 is 1.93 bits per heavy atom. The number of hydrogen-bond acceptors (Lipinski definition) is 5. The van der Waals surface area contributed by atoms with Crippen molar-refractivity contribution >= 4 is 27.4 Å². The number of methoxy groups -OCH3 is 1. The Balaban J connectivity index is 1.69. The number of rotatable bonds is 7. The molecule has 0 radical (unpaired) electrons. The monoisotopic (exact) mass is 391 g/mol. The average Bonchev–Trinajstić information content (AvgIpc) is 3.03. The van der Waals surface area contributed by atoms with E-state index >= 15 is 0 Å². The highest BCUT2D eigenvalue weighted by Gasteiger charge is 2.30. The van der Waals surface area contributed by atoms with E-state index in [4.69, 9.17) is 14.6 Å². The number of ether oxygens (including phenoxy) is 2. The highest BCUT2D eigenvalue weighted by Crippen LogP contribution is 2.27. The maximum atomic E-state index is 12.7. The van der Waals surface area contributed by atoms with Crippen LogP contribution in [0.15, 0.2) is 53.4 Å². The highest BCUT2D eigenvalue weighted by molar-refractivity contribution is 7.89. The van der Waals surface area contributed by atoms with Crippen LogP contribution in [0.1, 0.15) is 0 Å². The van der Waals surface area contributed by atoms with Crippen molar-refractivity contribution in [3.63, 3.8) is 0 Å². The molecule has 0 spiro atoms.